The van der Waals surface area contributed by atoms with E-state index < -0.39 is 12.0 Å². The first-order chi connectivity index (χ1) is 12.7. The van der Waals surface area contributed by atoms with Crippen LogP contribution >= 0.6 is 0 Å². The van der Waals surface area contributed by atoms with Gasteiger partial charge in [-0.05, 0) is 17.7 Å². The fourth-order valence-electron chi connectivity index (χ4n) is 2.77. The van der Waals surface area contributed by atoms with Crippen molar-refractivity contribution < 1.29 is 14.3 Å². The molecule has 2 aromatic heterocycles. The zero-order valence-electron chi connectivity index (χ0n) is 14.4. The predicted molar refractivity (Wildman–Crippen MR) is 97.4 cm³/mol. The highest BCUT2D eigenvalue weighted by Gasteiger charge is 2.22. The molecule has 0 saturated heterocycles. The van der Waals surface area contributed by atoms with Crippen molar-refractivity contribution >= 4 is 22.8 Å². The molecule has 3 rings (SSSR count). The van der Waals surface area contributed by atoms with Crippen molar-refractivity contribution in [3.63, 3.8) is 0 Å². The number of imidazole rings is 1. The third-order valence-corrected chi connectivity index (χ3v) is 4.06. The summed E-state index contributed by atoms with van der Waals surface area (Å²) in [6.45, 7) is 0. The van der Waals surface area contributed by atoms with Gasteiger partial charge in [0.2, 0.25) is 5.91 Å². The summed E-state index contributed by atoms with van der Waals surface area (Å²) in [4.78, 5) is 34.3. The Morgan fingerprint density at radius 3 is 2.92 bits per heavy atom. The molecule has 26 heavy (non-hydrogen) atoms. The minimum Gasteiger partial charge on any atom is -0.467 e. The number of ether oxygens (including phenoxy) is 1. The predicted octanol–water partition coefficient (Wildman–Crippen LogP) is 1.89. The standard InChI is InChI=1S/C19H20N4O3/c1-26-19(25)17(9-13-10-21-16-7-3-2-6-15(13)16)23-18(24)8-4-5-14-11-20-12-22-14/h2-4,6-8,10-12,17,21H,5,9H2,1H3,(H,20,22)(H,23,24)/b8-4+/t17-/m0/s1. The molecule has 0 spiro atoms. The van der Waals surface area contributed by atoms with Gasteiger partial charge in [-0.2, -0.15) is 0 Å². The summed E-state index contributed by atoms with van der Waals surface area (Å²) in [5.74, 6) is -0.828. The second-order valence-corrected chi connectivity index (χ2v) is 5.83. The highest BCUT2D eigenvalue weighted by Crippen LogP contribution is 2.19. The van der Waals surface area contributed by atoms with Crippen molar-refractivity contribution in [1.29, 1.82) is 0 Å². The molecule has 0 bridgehead atoms. The van der Waals surface area contributed by atoms with E-state index in [1.807, 2.05) is 30.5 Å². The number of rotatable bonds is 7. The van der Waals surface area contributed by atoms with Gasteiger partial charge in [-0.15, -0.1) is 0 Å². The molecule has 7 nitrogen and oxygen atoms in total. The summed E-state index contributed by atoms with van der Waals surface area (Å²) in [5.41, 5.74) is 2.83. The van der Waals surface area contributed by atoms with Gasteiger partial charge in [-0.1, -0.05) is 24.3 Å². The van der Waals surface area contributed by atoms with Crippen molar-refractivity contribution in [3.05, 3.63) is 66.4 Å². The zero-order chi connectivity index (χ0) is 18.4. The van der Waals surface area contributed by atoms with Gasteiger partial charge in [0.15, 0.2) is 0 Å². The van der Waals surface area contributed by atoms with E-state index in [1.54, 1.807) is 18.6 Å². The first-order valence-electron chi connectivity index (χ1n) is 8.24. The largest absolute Gasteiger partial charge is 0.467 e. The molecule has 0 radical (unpaired) electrons. The molecular formula is C19H20N4O3. The topological polar surface area (TPSA) is 99.9 Å². The van der Waals surface area contributed by atoms with Crippen molar-refractivity contribution in [2.24, 2.45) is 0 Å². The maximum atomic E-state index is 12.2. The van der Waals surface area contributed by atoms with Crippen molar-refractivity contribution in [3.8, 4) is 0 Å². The van der Waals surface area contributed by atoms with Gasteiger partial charge < -0.3 is 20.0 Å². The Labute approximate surface area is 150 Å². The second kappa shape index (κ2) is 8.15. The van der Waals surface area contributed by atoms with Crippen LogP contribution in [0.25, 0.3) is 10.9 Å². The fourth-order valence-corrected chi connectivity index (χ4v) is 2.77. The highest BCUT2D eigenvalue weighted by molar-refractivity contribution is 5.92. The second-order valence-electron chi connectivity index (χ2n) is 5.83. The number of hydrogen-bond acceptors (Lipinski definition) is 4. The Kier molecular flexibility index (Phi) is 5.48. The van der Waals surface area contributed by atoms with Crippen LogP contribution in [0.2, 0.25) is 0 Å². The quantitative estimate of drug-likeness (QED) is 0.446. The van der Waals surface area contributed by atoms with Crippen molar-refractivity contribution in [2.75, 3.05) is 7.11 Å². The Balaban J connectivity index is 1.67. The molecule has 0 fully saturated rings. The smallest absolute Gasteiger partial charge is 0.328 e. The lowest BCUT2D eigenvalue weighted by Crippen LogP contribution is -2.42. The number of esters is 1. The number of para-hydroxylation sites is 1. The molecular weight excluding hydrogens is 332 g/mol. The first kappa shape index (κ1) is 17.5. The molecule has 0 saturated carbocycles. The monoisotopic (exact) mass is 352 g/mol. The number of aromatic amines is 2. The van der Waals surface area contributed by atoms with Crippen LogP contribution in [0.5, 0.6) is 0 Å². The van der Waals surface area contributed by atoms with Crippen LogP contribution in [-0.2, 0) is 27.2 Å². The maximum absolute atomic E-state index is 12.2. The van der Waals surface area contributed by atoms with Crippen LogP contribution in [0.4, 0.5) is 0 Å². The Bertz CT molecular complexity index is 912. The average Bonchev–Trinajstić information content (AvgIpc) is 3.31. The number of benzene rings is 1. The molecule has 2 heterocycles. The summed E-state index contributed by atoms with van der Waals surface area (Å²) in [6, 6.07) is 7.05. The van der Waals surface area contributed by atoms with Gasteiger partial charge in [-0.3, -0.25) is 4.79 Å². The zero-order valence-corrected chi connectivity index (χ0v) is 14.4. The Morgan fingerprint density at radius 2 is 2.15 bits per heavy atom. The van der Waals surface area contributed by atoms with Gasteiger partial charge in [0, 0.05) is 41.8 Å². The molecule has 134 valence electrons. The number of carbonyl (C=O) groups is 2. The van der Waals surface area contributed by atoms with Gasteiger partial charge in [-0.25, -0.2) is 9.78 Å². The van der Waals surface area contributed by atoms with E-state index in [-0.39, 0.29) is 5.91 Å². The van der Waals surface area contributed by atoms with E-state index in [0.717, 1.165) is 22.2 Å². The van der Waals surface area contributed by atoms with Crippen molar-refractivity contribution in [2.45, 2.75) is 18.9 Å². The number of nitrogens with zero attached hydrogens (tertiary/aromatic N) is 1. The summed E-state index contributed by atoms with van der Waals surface area (Å²) >= 11 is 0. The summed E-state index contributed by atoms with van der Waals surface area (Å²) < 4.78 is 4.84. The van der Waals surface area contributed by atoms with Gasteiger partial charge in [0.1, 0.15) is 6.04 Å². The third kappa shape index (κ3) is 4.18. The number of fused-ring (bicyclic) bond motifs is 1. The highest BCUT2D eigenvalue weighted by atomic mass is 16.5. The number of methoxy groups -OCH3 is 1. The molecule has 1 atom stereocenters. The lowest BCUT2D eigenvalue weighted by molar-refractivity contribution is -0.144. The molecule has 0 aliphatic heterocycles. The van der Waals surface area contributed by atoms with E-state index in [9.17, 15) is 9.59 Å². The molecule has 1 amide bonds. The number of carbonyl (C=O) groups excluding carboxylic acids is 2. The van der Waals surface area contributed by atoms with E-state index in [1.165, 1.54) is 13.2 Å². The van der Waals surface area contributed by atoms with E-state index in [4.69, 9.17) is 4.74 Å². The minimum absolute atomic E-state index is 0.344. The van der Waals surface area contributed by atoms with E-state index in [2.05, 4.69) is 20.3 Å². The third-order valence-electron chi connectivity index (χ3n) is 4.06. The molecule has 3 N–H and O–H groups in total. The summed E-state index contributed by atoms with van der Waals surface area (Å²) in [6.07, 6.45) is 9.14. The number of hydrogen-bond donors (Lipinski definition) is 3. The first-order valence-corrected chi connectivity index (χ1v) is 8.24. The van der Waals surface area contributed by atoms with Gasteiger partial charge in [0.05, 0.1) is 13.4 Å². The van der Waals surface area contributed by atoms with Gasteiger partial charge >= 0.3 is 5.97 Å². The average molecular weight is 352 g/mol. The summed E-state index contributed by atoms with van der Waals surface area (Å²) in [5, 5.41) is 3.73. The number of aromatic nitrogens is 3. The fraction of sp³-hybridized carbons (Fsp3) is 0.211. The lowest BCUT2D eigenvalue weighted by atomic mass is 10.0. The van der Waals surface area contributed by atoms with Crippen LogP contribution in [0.3, 0.4) is 0 Å². The van der Waals surface area contributed by atoms with E-state index in [0.29, 0.717) is 12.8 Å². The Hall–Kier alpha value is -3.35. The normalized spacial score (nSPS) is 12.3. The van der Waals surface area contributed by atoms with Gasteiger partial charge in [0.25, 0.3) is 0 Å². The number of allylic oxidation sites excluding steroid dienone is 1. The molecule has 7 heteroatoms. The molecule has 1 aromatic carbocycles. The number of nitrogens with one attached hydrogen (secondary N) is 3. The summed E-state index contributed by atoms with van der Waals surface area (Å²) in [7, 11) is 1.31. The van der Waals surface area contributed by atoms with Crippen molar-refractivity contribution in [1.82, 2.24) is 20.3 Å². The Morgan fingerprint density at radius 1 is 1.31 bits per heavy atom. The minimum atomic E-state index is -0.761. The van der Waals surface area contributed by atoms with Crippen LogP contribution in [0, 0.1) is 0 Å². The van der Waals surface area contributed by atoms with E-state index >= 15 is 0 Å². The number of H-pyrrole nitrogens is 2. The number of amides is 1. The van der Waals surface area contributed by atoms with Crippen LogP contribution in [0.15, 0.2) is 55.1 Å². The molecule has 0 aliphatic carbocycles. The maximum Gasteiger partial charge on any atom is 0.328 e. The molecule has 0 aliphatic rings. The lowest BCUT2D eigenvalue weighted by Gasteiger charge is -2.15. The van der Waals surface area contributed by atoms with Crippen LogP contribution in [0.1, 0.15) is 11.3 Å². The molecule has 3 aromatic rings. The SMILES string of the molecule is COC(=O)[C@H](Cc1c[nH]c2ccccc12)NC(=O)/C=C/Cc1cnc[nH]1. The van der Waals surface area contributed by atoms with Crippen LogP contribution in [-0.4, -0.2) is 40.0 Å². The molecule has 0 unspecified atom stereocenters. The van der Waals surface area contributed by atoms with Crippen LogP contribution < -0.4 is 5.32 Å².